The molecule has 1 unspecified atom stereocenters. The van der Waals surface area contributed by atoms with Crippen LogP contribution in [0.3, 0.4) is 0 Å². The summed E-state index contributed by atoms with van der Waals surface area (Å²) in [4.78, 5) is 25.1. The highest BCUT2D eigenvalue weighted by Gasteiger charge is 2.39. The number of nitrogens with zero attached hydrogens (tertiary/aromatic N) is 1. The minimum Gasteiger partial charge on any atom is -0.480 e. The van der Waals surface area contributed by atoms with Crippen molar-refractivity contribution in [2.75, 3.05) is 13.1 Å². The molecule has 0 spiro atoms. The summed E-state index contributed by atoms with van der Waals surface area (Å²) in [6.45, 7) is 2.25. The molecule has 1 atom stereocenters. The van der Waals surface area contributed by atoms with Gasteiger partial charge in [0.05, 0.1) is 5.92 Å². The summed E-state index contributed by atoms with van der Waals surface area (Å²) >= 11 is 0. The molecule has 1 aliphatic rings. The zero-order chi connectivity index (χ0) is 14.5. The molecule has 20 heavy (non-hydrogen) atoms. The molecule has 0 aliphatic heterocycles. The summed E-state index contributed by atoms with van der Waals surface area (Å²) in [5.74, 6) is -0.794. The second kappa shape index (κ2) is 6.55. The van der Waals surface area contributed by atoms with Crippen LogP contribution in [0.1, 0.15) is 37.7 Å². The van der Waals surface area contributed by atoms with Crippen LogP contribution < -0.4 is 0 Å². The fourth-order valence-corrected chi connectivity index (χ4v) is 2.60. The van der Waals surface area contributed by atoms with E-state index in [2.05, 4.69) is 0 Å². The Labute approximate surface area is 119 Å². The molecule has 0 radical (unpaired) electrons. The van der Waals surface area contributed by atoms with Crippen LogP contribution in [0.5, 0.6) is 0 Å². The van der Waals surface area contributed by atoms with Gasteiger partial charge >= 0.3 is 5.97 Å². The van der Waals surface area contributed by atoms with Crippen LogP contribution in [-0.4, -0.2) is 35.0 Å². The Kier molecular flexibility index (Phi) is 4.77. The smallest absolute Gasteiger partial charge is 0.323 e. The first-order chi connectivity index (χ1) is 9.63. The fourth-order valence-electron chi connectivity index (χ4n) is 2.60. The van der Waals surface area contributed by atoms with Crippen molar-refractivity contribution in [3.05, 3.63) is 35.9 Å². The molecule has 2 rings (SSSR count). The third-order valence-corrected chi connectivity index (χ3v) is 3.65. The number of carboxylic acid groups (broad SMARTS) is 1. The van der Waals surface area contributed by atoms with Crippen molar-refractivity contribution >= 4 is 11.9 Å². The highest BCUT2D eigenvalue weighted by atomic mass is 16.4. The Bertz CT molecular complexity index is 468. The lowest BCUT2D eigenvalue weighted by Crippen LogP contribution is -2.40. The average Bonchev–Trinajstić information content (AvgIpc) is 3.24. The first-order valence-electron chi connectivity index (χ1n) is 7.19. The molecule has 1 aromatic carbocycles. The molecule has 108 valence electrons. The van der Waals surface area contributed by atoms with E-state index in [1.165, 1.54) is 4.90 Å². The molecule has 4 heteroatoms. The van der Waals surface area contributed by atoms with E-state index in [-0.39, 0.29) is 18.4 Å². The number of carbonyl (C=O) groups excluding carboxylic acids is 1. The van der Waals surface area contributed by atoms with E-state index in [9.17, 15) is 9.59 Å². The largest absolute Gasteiger partial charge is 0.480 e. The first-order valence-corrected chi connectivity index (χ1v) is 7.19. The van der Waals surface area contributed by atoms with Gasteiger partial charge in [-0.15, -0.1) is 0 Å². The number of aliphatic carboxylic acids is 1. The van der Waals surface area contributed by atoms with Gasteiger partial charge in [-0.2, -0.15) is 0 Å². The van der Waals surface area contributed by atoms with E-state index in [0.29, 0.717) is 12.5 Å². The van der Waals surface area contributed by atoms with Gasteiger partial charge in [-0.3, -0.25) is 9.59 Å². The Balaban J connectivity index is 2.19. The number of amides is 1. The predicted molar refractivity (Wildman–Crippen MR) is 76.4 cm³/mol. The number of hydrogen-bond acceptors (Lipinski definition) is 2. The second-order valence-corrected chi connectivity index (χ2v) is 5.38. The van der Waals surface area contributed by atoms with Crippen molar-refractivity contribution in [1.29, 1.82) is 0 Å². The Morgan fingerprint density at radius 1 is 1.30 bits per heavy atom. The Hall–Kier alpha value is -1.84. The van der Waals surface area contributed by atoms with E-state index >= 15 is 0 Å². The van der Waals surface area contributed by atoms with Crippen molar-refractivity contribution in [2.24, 2.45) is 5.92 Å². The zero-order valence-electron chi connectivity index (χ0n) is 11.8. The van der Waals surface area contributed by atoms with Crippen LogP contribution in [0, 0.1) is 5.92 Å². The molecule has 0 saturated heterocycles. The van der Waals surface area contributed by atoms with Crippen LogP contribution in [0.2, 0.25) is 0 Å². The third kappa shape index (κ3) is 3.59. The lowest BCUT2D eigenvalue weighted by atomic mass is 9.92. The summed E-state index contributed by atoms with van der Waals surface area (Å²) in [5.41, 5.74) is 1.01. The maximum Gasteiger partial charge on any atom is 0.323 e. The molecule has 1 saturated carbocycles. The van der Waals surface area contributed by atoms with Crippen LogP contribution >= 0.6 is 0 Å². The molecule has 4 nitrogen and oxygen atoms in total. The van der Waals surface area contributed by atoms with Crippen LogP contribution in [-0.2, 0) is 9.59 Å². The maximum absolute atomic E-state index is 12.7. The third-order valence-electron chi connectivity index (χ3n) is 3.65. The van der Waals surface area contributed by atoms with Crippen LogP contribution in [0.25, 0.3) is 0 Å². The summed E-state index contributed by atoms with van der Waals surface area (Å²) in [5, 5.41) is 8.97. The Morgan fingerprint density at radius 2 is 1.95 bits per heavy atom. The lowest BCUT2D eigenvalue weighted by molar-refractivity contribution is -0.145. The monoisotopic (exact) mass is 275 g/mol. The minimum absolute atomic E-state index is 0.0389. The molecule has 1 aromatic rings. The molecular weight excluding hydrogens is 254 g/mol. The summed E-state index contributed by atoms with van der Waals surface area (Å²) in [6.07, 6.45) is 2.88. The molecule has 0 aromatic heterocycles. The molecule has 1 fully saturated rings. The highest BCUT2D eigenvalue weighted by Crippen LogP contribution is 2.43. The van der Waals surface area contributed by atoms with Crippen molar-refractivity contribution in [3.63, 3.8) is 0 Å². The number of carbonyl (C=O) groups is 2. The number of rotatable bonds is 7. The topological polar surface area (TPSA) is 57.6 Å². The van der Waals surface area contributed by atoms with Gasteiger partial charge in [0.2, 0.25) is 5.91 Å². The van der Waals surface area contributed by atoms with Crippen molar-refractivity contribution in [1.82, 2.24) is 4.90 Å². The van der Waals surface area contributed by atoms with Crippen molar-refractivity contribution < 1.29 is 14.7 Å². The highest BCUT2D eigenvalue weighted by molar-refractivity contribution is 5.87. The summed E-state index contributed by atoms with van der Waals surface area (Å²) in [6, 6.07) is 9.72. The number of hydrogen-bond donors (Lipinski definition) is 1. The van der Waals surface area contributed by atoms with Gasteiger partial charge < -0.3 is 10.0 Å². The van der Waals surface area contributed by atoms with E-state index in [0.717, 1.165) is 24.8 Å². The second-order valence-electron chi connectivity index (χ2n) is 5.38. The quantitative estimate of drug-likeness (QED) is 0.831. The van der Waals surface area contributed by atoms with E-state index < -0.39 is 5.97 Å². The standard InChI is InChI=1S/C16H21NO3/c1-2-10-17(11-14(18)19)16(20)15(13-8-9-13)12-6-4-3-5-7-12/h3-7,13,15H,2,8-11H2,1H3,(H,18,19). The van der Waals surface area contributed by atoms with E-state index in [1.54, 1.807) is 0 Å². The molecular formula is C16H21NO3. The van der Waals surface area contributed by atoms with E-state index in [4.69, 9.17) is 5.11 Å². The number of carboxylic acids is 1. The summed E-state index contributed by atoms with van der Waals surface area (Å²) in [7, 11) is 0. The van der Waals surface area contributed by atoms with Gasteiger partial charge in [-0.1, -0.05) is 37.3 Å². The maximum atomic E-state index is 12.7. The van der Waals surface area contributed by atoms with Gasteiger partial charge in [0.1, 0.15) is 6.54 Å². The van der Waals surface area contributed by atoms with Crippen molar-refractivity contribution in [2.45, 2.75) is 32.1 Å². The van der Waals surface area contributed by atoms with Gasteiger partial charge in [0.15, 0.2) is 0 Å². The SMILES string of the molecule is CCCN(CC(=O)O)C(=O)C(c1ccccc1)C1CC1. The van der Waals surface area contributed by atoms with Gasteiger partial charge in [0.25, 0.3) is 0 Å². The molecule has 1 aliphatic carbocycles. The molecule has 1 amide bonds. The summed E-state index contributed by atoms with van der Waals surface area (Å²) < 4.78 is 0. The van der Waals surface area contributed by atoms with Gasteiger partial charge in [0, 0.05) is 6.54 Å². The zero-order valence-corrected chi connectivity index (χ0v) is 11.8. The predicted octanol–water partition coefficient (Wildman–Crippen LogP) is 2.50. The fraction of sp³-hybridized carbons (Fsp3) is 0.500. The molecule has 0 heterocycles. The minimum atomic E-state index is -0.950. The van der Waals surface area contributed by atoms with E-state index in [1.807, 2.05) is 37.3 Å². The lowest BCUT2D eigenvalue weighted by Gasteiger charge is -2.26. The van der Waals surface area contributed by atoms with Gasteiger partial charge in [-0.25, -0.2) is 0 Å². The number of benzene rings is 1. The Morgan fingerprint density at radius 3 is 2.45 bits per heavy atom. The first kappa shape index (κ1) is 14.6. The average molecular weight is 275 g/mol. The van der Waals surface area contributed by atoms with Crippen LogP contribution in [0.15, 0.2) is 30.3 Å². The normalized spacial score (nSPS) is 15.7. The molecule has 0 bridgehead atoms. The van der Waals surface area contributed by atoms with Crippen LogP contribution in [0.4, 0.5) is 0 Å². The molecule has 1 N–H and O–H groups in total. The van der Waals surface area contributed by atoms with Crippen molar-refractivity contribution in [3.8, 4) is 0 Å². The van der Waals surface area contributed by atoms with Gasteiger partial charge in [-0.05, 0) is 30.7 Å².